The van der Waals surface area contributed by atoms with E-state index in [4.69, 9.17) is 10.8 Å². The van der Waals surface area contributed by atoms with Gasteiger partial charge in [0.05, 0.1) is 6.54 Å². The number of hydrogen-bond donors (Lipinski definition) is 2. The van der Waals surface area contributed by atoms with Crippen LogP contribution in [0.15, 0.2) is 18.5 Å². The van der Waals surface area contributed by atoms with Crippen LogP contribution in [-0.4, -0.2) is 26.4 Å². The van der Waals surface area contributed by atoms with Gasteiger partial charge in [-0.2, -0.15) is 5.10 Å². The number of hydrogen-bond acceptors (Lipinski definition) is 3. The molecule has 0 saturated carbocycles. The minimum Gasteiger partial charge on any atom is -0.480 e. The van der Waals surface area contributed by atoms with Gasteiger partial charge in [0.25, 0.3) is 0 Å². The highest BCUT2D eigenvalue weighted by Gasteiger charge is 2.28. The maximum Gasteiger partial charge on any atom is 0.325 e. The summed E-state index contributed by atoms with van der Waals surface area (Å²) in [7, 11) is 0. The molecule has 0 aromatic carbocycles. The molecule has 1 aromatic rings. The van der Waals surface area contributed by atoms with Crippen LogP contribution in [0.3, 0.4) is 0 Å². The van der Waals surface area contributed by atoms with Crippen LogP contribution < -0.4 is 5.73 Å². The van der Waals surface area contributed by atoms with E-state index in [0.717, 1.165) is 0 Å². The molecule has 0 aliphatic heterocycles. The topological polar surface area (TPSA) is 81.1 Å². The van der Waals surface area contributed by atoms with Crippen LogP contribution in [-0.2, 0) is 11.3 Å². The van der Waals surface area contributed by atoms with Crippen LogP contribution in [0.5, 0.6) is 0 Å². The van der Waals surface area contributed by atoms with Crippen molar-refractivity contribution >= 4 is 30.8 Å². The summed E-state index contributed by atoms with van der Waals surface area (Å²) in [5.74, 6) is -1.03. The first kappa shape index (κ1) is 15.7. The predicted octanol–water partition coefficient (Wildman–Crippen LogP) is 0.529. The average Bonchev–Trinajstić information content (AvgIpc) is 2.38. The molecular weight excluding hydrogens is 229 g/mol. The van der Waals surface area contributed by atoms with Gasteiger partial charge in [0.15, 0.2) is 0 Å². The van der Waals surface area contributed by atoms with Crippen LogP contribution >= 0.6 is 24.8 Å². The summed E-state index contributed by atoms with van der Waals surface area (Å²) in [5, 5.41) is 12.5. The summed E-state index contributed by atoms with van der Waals surface area (Å²) in [6, 6.07) is 1.72. The van der Waals surface area contributed by atoms with Crippen molar-refractivity contribution in [1.29, 1.82) is 0 Å². The van der Waals surface area contributed by atoms with Gasteiger partial charge in [0, 0.05) is 12.4 Å². The first-order chi connectivity index (χ1) is 5.52. The molecule has 5 nitrogen and oxygen atoms in total. The van der Waals surface area contributed by atoms with Gasteiger partial charge >= 0.3 is 5.97 Å². The van der Waals surface area contributed by atoms with Gasteiger partial charge in [-0.1, -0.05) is 0 Å². The zero-order valence-corrected chi connectivity index (χ0v) is 9.22. The van der Waals surface area contributed by atoms with Crippen molar-refractivity contribution in [3.63, 3.8) is 0 Å². The number of aliphatic carboxylic acids is 1. The Balaban J connectivity index is 0. The third kappa shape index (κ3) is 3.95. The lowest BCUT2D eigenvalue weighted by atomic mass is 10.1. The van der Waals surface area contributed by atoms with Crippen LogP contribution in [0.2, 0.25) is 0 Å². The highest BCUT2D eigenvalue weighted by atomic mass is 35.5. The number of carboxylic acids is 1. The maximum atomic E-state index is 10.6. The second-order valence-corrected chi connectivity index (χ2v) is 2.93. The zero-order valence-electron chi connectivity index (χ0n) is 7.58. The molecule has 0 bridgehead atoms. The molecule has 1 heterocycles. The lowest BCUT2D eigenvalue weighted by Gasteiger charge is -2.18. The molecule has 0 amide bonds. The molecule has 0 aliphatic rings. The van der Waals surface area contributed by atoms with Crippen molar-refractivity contribution in [3.05, 3.63) is 18.5 Å². The molecule has 1 atom stereocenters. The van der Waals surface area contributed by atoms with Gasteiger partial charge in [-0.25, -0.2) is 0 Å². The van der Waals surface area contributed by atoms with Crippen LogP contribution in [0.25, 0.3) is 0 Å². The molecule has 3 N–H and O–H groups in total. The van der Waals surface area contributed by atoms with Crippen molar-refractivity contribution in [1.82, 2.24) is 9.78 Å². The molecule has 1 rings (SSSR count). The van der Waals surface area contributed by atoms with E-state index in [9.17, 15) is 4.79 Å². The Bertz CT molecular complexity index is 274. The molecule has 0 saturated heterocycles. The third-order valence-electron chi connectivity index (χ3n) is 1.54. The van der Waals surface area contributed by atoms with Gasteiger partial charge in [0.1, 0.15) is 5.54 Å². The number of aromatic nitrogens is 2. The molecule has 14 heavy (non-hydrogen) atoms. The fourth-order valence-electron chi connectivity index (χ4n) is 0.798. The number of rotatable bonds is 3. The van der Waals surface area contributed by atoms with Gasteiger partial charge in [0.2, 0.25) is 0 Å². The minimum atomic E-state index is -1.26. The lowest BCUT2D eigenvalue weighted by Crippen LogP contribution is -2.48. The highest BCUT2D eigenvalue weighted by Crippen LogP contribution is 2.02. The Morgan fingerprint density at radius 1 is 1.64 bits per heavy atom. The Morgan fingerprint density at radius 3 is 2.57 bits per heavy atom. The van der Waals surface area contributed by atoms with Gasteiger partial charge < -0.3 is 10.8 Å². The van der Waals surface area contributed by atoms with E-state index in [-0.39, 0.29) is 31.4 Å². The van der Waals surface area contributed by atoms with Crippen LogP contribution in [0, 0.1) is 0 Å². The minimum absolute atomic E-state index is 0. The standard InChI is InChI=1S/C7H11N3O2.2ClH/c1-7(8,6(11)12)5-10-4-2-3-9-10;;/h2-4H,5,8H2,1H3,(H,11,12);2*1H. The predicted molar refractivity (Wildman–Crippen MR) is 57.0 cm³/mol. The quantitative estimate of drug-likeness (QED) is 0.809. The normalized spacial score (nSPS) is 13.3. The molecule has 1 aromatic heterocycles. The van der Waals surface area contributed by atoms with Gasteiger partial charge in [-0.05, 0) is 13.0 Å². The van der Waals surface area contributed by atoms with Crippen LogP contribution in [0.1, 0.15) is 6.92 Å². The SMILES string of the molecule is CC(N)(Cn1cccn1)C(=O)O.Cl.Cl. The Hall–Kier alpha value is -0.780. The lowest BCUT2D eigenvalue weighted by molar-refractivity contribution is -0.143. The van der Waals surface area contributed by atoms with E-state index in [1.165, 1.54) is 11.6 Å². The highest BCUT2D eigenvalue weighted by molar-refractivity contribution is 5.85. The molecule has 1 unspecified atom stereocenters. The number of nitrogens with zero attached hydrogens (tertiary/aromatic N) is 2. The molecule has 0 spiro atoms. The Labute approximate surface area is 94.1 Å². The molecule has 0 aliphatic carbocycles. The average molecular weight is 242 g/mol. The molecule has 82 valence electrons. The van der Waals surface area contributed by atoms with Crippen molar-refractivity contribution in [2.45, 2.75) is 19.0 Å². The number of carboxylic acid groups (broad SMARTS) is 1. The van der Waals surface area contributed by atoms with E-state index in [1.807, 2.05) is 0 Å². The van der Waals surface area contributed by atoms with Crippen molar-refractivity contribution in [2.75, 3.05) is 0 Å². The summed E-state index contributed by atoms with van der Waals surface area (Å²) >= 11 is 0. The van der Waals surface area contributed by atoms with E-state index in [1.54, 1.807) is 18.5 Å². The smallest absolute Gasteiger partial charge is 0.325 e. The first-order valence-corrected chi connectivity index (χ1v) is 3.52. The van der Waals surface area contributed by atoms with Crippen molar-refractivity contribution in [3.8, 4) is 0 Å². The molecule has 0 fully saturated rings. The zero-order chi connectivity index (χ0) is 9.19. The number of nitrogens with two attached hydrogens (primary N) is 1. The summed E-state index contributed by atoms with van der Waals surface area (Å²) < 4.78 is 1.49. The van der Waals surface area contributed by atoms with Crippen molar-refractivity contribution in [2.24, 2.45) is 5.73 Å². The molecular formula is C7H13Cl2N3O2. The first-order valence-electron chi connectivity index (χ1n) is 3.52. The second-order valence-electron chi connectivity index (χ2n) is 2.93. The van der Waals surface area contributed by atoms with Crippen LogP contribution in [0.4, 0.5) is 0 Å². The molecule has 7 heteroatoms. The third-order valence-corrected chi connectivity index (χ3v) is 1.54. The summed E-state index contributed by atoms with van der Waals surface area (Å²) in [4.78, 5) is 10.6. The largest absolute Gasteiger partial charge is 0.480 e. The van der Waals surface area contributed by atoms with E-state index in [2.05, 4.69) is 5.10 Å². The number of halogens is 2. The number of carbonyl (C=O) groups is 1. The monoisotopic (exact) mass is 241 g/mol. The Morgan fingerprint density at radius 2 is 2.21 bits per heavy atom. The molecule has 0 radical (unpaired) electrons. The van der Waals surface area contributed by atoms with E-state index < -0.39 is 11.5 Å². The van der Waals surface area contributed by atoms with E-state index in [0.29, 0.717) is 0 Å². The second kappa shape index (κ2) is 5.85. The van der Waals surface area contributed by atoms with Gasteiger partial charge in [-0.3, -0.25) is 9.48 Å². The van der Waals surface area contributed by atoms with Gasteiger partial charge in [-0.15, -0.1) is 24.8 Å². The fraction of sp³-hybridized carbons (Fsp3) is 0.429. The summed E-state index contributed by atoms with van der Waals surface area (Å²) in [5.41, 5.74) is 4.23. The Kier molecular flexibility index (Phi) is 6.55. The maximum absolute atomic E-state index is 10.6. The van der Waals surface area contributed by atoms with E-state index >= 15 is 0 Å². The summed E-state index contributed by atoms with van der Waals surface area (Å²) in [6.07, 6.45) is 3.26. The van der Waals surface area contributed by atoms with Crippen molar-refractivity contribution < 1.29 is 9.90 Å². The fourth-order valence-corrected chi connectivity index (χ4v) is 0.798. The summed E-state index contributed by atoms with van der Waals surface area (Å²) in [6.45, 7) is 1.63.